The first kappa shape index (κ1) is 27.4. The lowest BCUT2D eigenvalue weighted by Crippen LogP contribution is -2.46. The van der Waals surface area contributed by atoms with Gasteiger partial charge in [0.25, 0.3) is 0 Å². The van der Waals surface area contributed by atoms with Crippen LogP contribution in [0.4, 0.5) is 0 Å². The molecule has 0 aromatic heterocycles. The maximum absolute atomic E-state index is 14.1. The highest BCUT2D eigenvalue weighted by Crippen LogP contribution is 2.46. The van der Waals surface area contributed by atoms with Crippen LogP contribution in [-0.4, -0.2) is 19.2 Å². The maximum atomic E-state index is 14.1. The monoisotopic (exact) mass is 532 g/mol. The summed E-state index contributed by atoms with van der Waals surface area (Å²) in [5, 5.41) is 0.997. The highest BCUT2D eigenvalue weighted by Gasteiger charge is 2.45. The molecule has 4 heteroatoms. The van der Waals surface area contributed by atoms with Gasteiger partial charge in [-0.1, -0.05) is 129 Å². The van der Waals surface area contributed by atoms with Crippen molar-refractivity contribution in [1.82, 2.24) is 0 Å². The van der Waals surface area contributed by atoms with E-state index in [1.54, 1.807) is 11.8 Å². The van der Waals surface area contributed by atoms with Crippen LogP contribution in [-0.2, 0) is 4.79 Å². The Bertz CT molecular complexity index is 813. The van der Waals surface area contributed by atoms with Crippen molar-refractivity contribution in [3.8, 4) is 0 Å². The zero-order valence-electron chi connectivity index (χ0n) is 20.7. The Kier molecular flexibility index (Phi) is 11.3. The summed E-state index contributed by atoms with van der Waals surface area (Å²) >= 11 is 5.36. The Labute approximate surface area is 210 Å². The second kappa shape index (κ2) is 13.1. The molecule has 1 atom stereocenters. The average Bonchev–Trinajstić information content (AvgIpc) is 2.75. The van der Waals surface area contributed by atoms with Crippen molar-refractivity contribution in [3.05, 3.63) is 60.2 Å². The minimum Gasteiger partial charge on any atom is -0.299 e. The SMILES string of the molecule is CC(C)[Si](CC(=O)C(CCCCBr)c1ccccc1Sc1ccccc1)(C(C)C)C(C)C. The lowest BCUT2D eigenvalue weighted by Gasteiger charge is -2.43. The summed E-state index contributed by atoms with van der Waals surface area (Å²) in [4.78, 5) is 16.5. The summed E-state index contributed by atoms with van der Waals surface area (Å²) in [6.45, 7) is 14.2. The van der Waals surface area contributed by atoms with Gasteiger partial charge in [-0.15, -0.1) is 0 Å². The van der Waals surface area contributed by atoms with Gasteiger partial charge in [0.2, 0.25) is 0 Å². The first-order chi connectivity index (χ1) is 15.2. The van der Waals surface area contributed by atoms with E-state index >= 15 is 0 Å². The van der Waals surface area contributed by atoms with E-state index in [0.29, 0.717) is 22.4 Å². The fraction of sp³-hybridized carbons (Fsp3) is 0.536. The van der Waals surface area contributed by atoms with Crippen LogP contribution in [0.5, 0.6) is 0 Å². The fourth-order valence-corrected chi connectivity index (χ4v) is 12.9. The molecule has 0 bridgehead atoms. The van der Waals surface area contributed by atoms with E-state index in [-0.39, 0.29) is 5.92 Å². The Morgan fingerprint density at radius 1 is 0.844 bits per heavy atom. The molecule has 0 saturated carbocycles. The number of benzene rings is 2. The van der Waals surface area contributed by atoms with Gasteiger partial charge in [0, 0.05) is 27.1 Å². The molecule has 2 aromatic carbocycles. The van der Waals surface area contributed by atoms with Crippen molar-refractivity contribution in [2.24, 2.45) is 0 Å². The molecule has 0 fully saturated rings. The smallest absolute Gasteiger partial charge is 0.137 e. The number of ketones is 1. The molecule has 0 N–H and O–H groups in total. The summed E-state index contributed by atoms with van der Waals surface area (Å²) in [5.74, 6) is 0.466. The molecule has 2 aromatic rings. The number of carbonyl (C=O) groups excluding carboxylic acids is 1. The summed E-state index contributed by atoms with van der Waals surface area (Å²) < 4.78 is 0. The van der Waals surface area contributed by atoms with E-state index in [2.05, 4.69) is 112 Å². The van der Waals surface area contributed by atoms with E-state index < -0.39 is 8.07 Å². The number of hydrogen-bond donors (Lipinski definition) is 0. The molecule has 0 saturated heterocycles. The van der Waals surface area contributed by atoms with Crippen LogP contribution in [0.25, 0.3) is 0 Å². The molecule has 0 amide bonds. The maximum Gasteiger partial charge on any atom is 0.137 e. The standard InChI is InChI=1S/C28H41BrOSSi/c1-21(2)32(22(3)4,23(5)6)20-27(30)25(16-12-13-19-29)26-17-10-11-18-28(26)31-24-14-8-7-9-15-24/h7-11,14-15,17-18,21-23,25H,12-13,16,19-20H2,1-6H3. The number of Topliss-reactive ketones (excluding diaryl/α,β-unsaturated/α-hetero) is 1. The Morgan fingerprint density at radius 3 is 1.97 bits per heavy atom. The number of halogens is 1. The predicted octanol–water partition coefficient (Wildman–Crippen LogP) is 9.73. The van der Waals surface area contributed by atoms with Gasteiger partial charge >= 0.3 is 0 Å². The molecular weight excluding hydrogens is 492 g/mol. The largest absolute Gasteiger partial charge is 0.299 e. The van der Waals surface area contributed by atoms with Gasteiger partial charge in [0.15, 0.2) is 0 Å². The zero-order chi connectivity index (χ0) is 23.7. The Hall–Kier alpha value is -0.843. The van der Waals surface area contributed by atoms with Crippen LogP contribution in [0, 0.1) is 0 Å². The molecule has 1 unspecified atom stereocenters. The summed E-state index contributed by atoms with van der Waals surface area (Å²) in [6.07, 6.45) is 3.13. The van der Waals surface area contributed by atoms with Gasteiger partial charge in [-0.3, -0.25) is 4.79 Å². The Morgan fingerprint density at radius 2 is 1.41 bits per heavy atom. The van der Waals surface area contributed by atoms with Crippen LogP contribution in [0.15, 0.2) is 64.4 Å². The molecule has 0 radical (unpaired) electrons. The quantitative estimate of drug-likeness (QED) is 0.145. The second-order valence-electron chi connectivity index (χ2n) is 9.91. The summed E-state index contributed by atoms with van der Waals surface area (Å²) in [6, 6.07) is 19.9. The lowest BCUT2D eigenvalue weighted by atomic mass is 9.90. The molecule has 0 spiro atoms. The van der Waals surface area contributed by atoms with Crippen molar-refractivity contribution in [1.29, 1.82) is 0 Å². The molecular formula is C28H41BrOSSi. The molecule has 32 heavy (non-hydrogen) atoms. The van der Waals surface area contributed by atoms with Gasteiger partial charge in [-0.05, 0) is 36.6 Å². The van der Waals surface area contributed by atoms with Crippen molar-refractivity contribution in [2.75, 3.05) is 5.33 Å². The number of unbranched alkanes of at least 4 members (excludes halogenated alkanes) is 1. The van der Waals surface area contributed by atoms with Crippen LogP contribution in [0.1, 0.15) is 72.3 Å². The van der Waals surface area contributed by atoms with Crippen molar-refractivity contribution >= 4 is 41.5 Å². The molecule has 0 aliphatic carbocycles. The molecule has 2 rings (SSSR count). The summed E-state index contributed by atoms with van der Waals surface area (Å²) in [5.41, 5.74) is 3.02. The molecule has 0 aliphatic heterocycles. The van der Waals surface area contributed by atoms with Gasteiger partial charge in [0.05, 0.1) is 8.07 Å². The molecule has 0 heterocycles. The van der Waals surface area contributed by atoms with Crippen LogP contribution >= 0.6 is 27.7 Å². The first-order valence-electron chi connectivity index (χ1n) is 12.1. The number of hydrogen-bond acceptors (Lipinski definition) is 2. The summed E-state index contributed by atoms with van der Waals surface area (Å²) in [7, 11) is -1.79. The number of rotatable bonds is 13. The highest BCUT2D eigenvalue weighted by atomic mass is 79.9. The van der Waals surface area contributed by atoms with Gasteiger partial charge < -0.3 is 0 Å². The van der Waals surface area contributed by atoms with Crippen LogP contribution in [0.3, 0.4) is 0 Å². The van der Waals surface area contributed by atoms with Crippen molar-refractivity contribution < 1.29 is 4.79 Å². The minimum absolute atomic E-state index is 0.00964. The normalized spacial score (nSPS) is 13.2. The third-order valence-electron chi connectivity index (χ3n) is 7.24. The Balaban J connectivity index is 2.43. The van der Waals surface area contributed by atoms with Crippen LogP contribution < -0.4 is 0 Å². The van der Waals surface area contributed by atoms with E-state index in [0.717, 1.165) is 30.6 Å². The topological polar surface area (TPSA) is 17.1 Å². The molecule has 176 valence electrons. The van der Waals surface area contributed by atoms with Crippen molar-refractivity contribution in [2.45, 2.75) is 99.2 Å². The third kappa shape index (κ3) is 6.83. The highest BCUT2D eigenvalue weighted by molar-refractivity contribution is 9.09. The molecule has 1 nitrogen and oxygen atoms in total. The predicted molar refractivity (Wildman–Crippen MR) is 148 cm³/mol. The van der Waals surface area contributed by atoms with Crippen molar-refractivity contribution in [3.63, 3.8) is 0 Å². The number of carbonyl (C=O) groups is 1. The fourth-order valence-electron chi connectivity index (χ4n) is 5.45. The molecule has 0 aliphatic rings. The third-order valence-corrected chi connectivity index (χ3v) is 16.3. The van der Waals surface area contributed by atoms with Gasteiger partial charge in [0.1, 0.15) is 5.78 Å². The van der Waals surface area contributed by atoms with Gasteiger partial charge in [-0.2, -0.15) is 0 Å². The van der Waals surface area contributed by atoms with Gasteiger partial charge in [-0.25, -0.2) is 0 Å². The first-order valence-corrected chi connectivity index (χ1v) is 16.5. The average molecular weight is 534 g/mol. The minimum atomic E-state index is -1.79. The van der Waals surface area contributed by atoms with E-state index in [4.69, 9.17) is 0 Å². The van der Waals surface area contributed by atoms with E-state index in [1.165, 1.54) is 15.4 Å². The van der Waals surface area contributed by atoms with E-state index in [1.807, 2.05) is 0 Å². The van der Waals surface area contributed by atoms with E-state index in [9.17, 15) is 4.79 Å². The van der Waals surface area contributed by atoms with Crippen LogP contribution in [0.2, 0.25) is 22.7 Å². The lowest BCUT2D eigenvalue weighted by molar-refractivity contribution is -0.118. The number of alkyl halides is 1. The zero-order valence-corrected chi connectivity index (χ0v) is 24.1. The second-order valence-corrected chi connectivity index (χ2v) is 17.9.